The van der Waals surface area contributed by atoms with E-state index in [0.29, 0.717) is 44.3 Å². The summed E-state index contributed by atoms with van der Waals surface area (Å²) in [6.45, 7) is 1.65. The zero-order chi connectivity index (χ0) is 17.6. The number of hydrogen-bond acceptors (Lipinski definition) is 6. The molecule has 0 aliphatic carbocycles. The highest BCUT2D eigenvalue weighted by atomic mass is 16.5. The van der Waals surface area contributed by atoms with Crippen LogP contribution in [0.15, 0.2) is 28.8 Å². The molecule has 1 atom stereocenters. The molecule has 1 aliphatic heterocycles. The third-order valence-electron chi connectivity index (χ3n) is 4.42. The van der Waals surface area contributed by atoms with Gasteiger partial charge in [0, 0.05) is 38.6 Å². The molecule has 0 saturated carbocycles. The number of amides is 1. The maximum absolute atomic E-state index is 12.3. The van der Waals surface area contributed by atoms with Gasteiger partial charge in [-0.25, -0.2) is 0 Å². The molecule has 0 bridgehead atoms. The minimum Gasteiger partial charge on any atom is -0.496 e. The molecule has 0 spiro atoms. The van der Waals surface area contributed by atoms with Crippen LogP contribution in [-0.2, 0) is 22.5 Å². The van der Waals surface area contributed by atoms with Crippen LogP contribution in [-0.4, -0.2) is 48.3 Å². The van der Waals surface area contributed by atoms with Crippen molar-refractivity contribution < 1.29 is 18.8 Å². The first kappa shape index (κ1) is 17.4. The van der Waals surface area contributed by atoms with Gasteiger partial charge in [0.25, 0.3) is 0 Å². The second-order valence-corrected chi connectivity index (χ2v) is 6.11. The first-order chi connectivity index (χ1) is 12.2. The fourth-order valence-corrected chi connectivity index (χ4v) is 3.04. The molecular formula is C18H23N3O4. The number of methoxy groups -OCH3 is 2. The summed E-state index contributed by atoms with van der Waals surface area (Å²) >= 11 is 0. The third kappa shape index (κ3) is 4.17. The molecule has 134 valence electrons. The smallest absolute Gasteiger partial charge is 0.231 e. The normalized spacial score (nSPS) is 17.8. The van der Waals surface area contributed by atoms with Crippen molar-refractivity contribution in [1.82, 2.24) is 15.0 Å². The number of likely N-dealkylation sites (tertiary alicyclic amines) is 1. The maximum atomic E-state index is 12.3. The average Bonchev–Trinajstić information content (AvgIpc) is 3.11. The maximum Gasteiger partial charge on any atom is 0.231 e. The standard InChI is InChI=1S/C18H23N3O4/c1-23-10-9-16-19-18(25-20-16)14-7-8-17(22)21(12-14)11-13-5-3-4-6-15(13)24-2/h3-6,14H,7-12H2,1-2H3/t14-/m1/s1. The van der Waals surface area contributed by atoms with Crippen molar-refractivity contribution in [3.63, 3.8) is 0 Å². The van der Waals surface area contributed by atoms with Crippen molar-refractivity contribution in [2.75, 3.05) is 27.4 Å². The zero-order valence-corrected chi connectivity index (χ0v) is 14.6. The molecule has 7 nitrogen and oxygen atoms in total. The molecule has 1 aliphatic rings. The molecule has 1 fully saturated rings. The predicted molar refractivity (Wildman–Crippen MR) is 90.3 cm³/mol. The summed E-state index contributed by atoms with van der Waals surface area (Å²) < 4.78 is 15.8. The predicted octanol–water partition coefficient (Wildman–Crippen LogP) is 2.17. The number of piperidine rings is 1. The Balaban J connectivity index is 1.69. The third-order valence-corrected chi connectivity index (χ3v) is 4.42. The lowest BCUT2D eigenvalue weighted by atomic mass is 9.97. The lowest BCUT2D eigenvalue weighted by Crippen LogP contribution is -2.38. The molecule has 1 aromatic heterocycles. The van der Waals surface area contributed by atoms with Crippen LogP contribution in [0, 0.1) is 0 Å². The molecule has 0 unspecified atom stereocenters. The highest BCUT2D eigenvalue weighted by Crippen LogP contribution is 2.29. The molecule has 0 radical (unpaired) electrons. The summed E-state index contributed by atoms with van der Waals surface area (Å²) in [5.74, 6) is 2.24. The van der Waals surface area contributed by atoms with E-state index in [1.807, 2.05) is 29.2 Å². The average molecular weight is 345 g/mol. The number of ether oxygens (including phenoxy) is 2. The summed E-state index contributed by atoms with van der Waals surface area (Å²) in [6, 6.07) is 7.75. The number of carbonyl (C=O) groups excluding carboxylic acids is 1. The Bertz CT molecular complexity index is 716. The van der Waals surface area contributed by atoms with Crippen molar-refractivity contribution in [1.29, 1.82) is 0 Å². The van der Waals surface area contributed by atoms with Crippen LogP contribution >= 0.6 is 0 Å². The Kier molecular flexibility index (Phi) is 5.65. The van der Waals surface area contributed by atoms with Crippen molar-refractivity contribution in [2.24, 2.45) is 0 Å². The van der Waals surface area contributed by atoms with Crippen LogP contribution in [0.25, 0.3) is 0 Å². The van der Waals surface area contributed by atoms with E-state index in [4.69, 9.17) is 14.0 Å². The van der Waals surface area contributed by atoms with Crippen molar-refractivity contribution in [3.05, 3.63) is 41.5 Å². The Morgan fingerprint density at radius 3 is 2.96 bits per heavy atom. The monoisotopic (exact) mass is 345 g/mol. The van der Waals surface area contributed by atoms with E-state index in [9.17, 15) is 4.79 Å². The van der Waals surface area contributed by atoms with Gasteiger partial charge in [-0.2, -0.15) is 4.98 Å². The molecule has 2 aromatic rings. The van der Waals surface area contributed by atoms with Gasteiger partial charge in [0.2, 0.25) is 11.8 Å². The van der Waals surface area contributed by atoms with Crippen LogP contribution < -0.4 is 4.74 Å². The van der Waals surface area contributed by atoms with E-state index in [2.05, 4.69) is 10.1 Å². The van der Waals surface area contributed by atoms with Gasteiger partial charge in [-0.1, -0.05) is 23.4 Å². The first-order valence-corrected chi connectivity index (χ1v) is 8.42. The summed E-state index contributed by atoms with van der Waals surface area (Å²) in [5, 5.41) is 3.99. The second-order valence-electron chi connectivity index (χ2n) is 6.11. The minimum atomic E-state index is 0.0659. The summed E-state index contributed by atoms with van der Waals surface area (Å²) in [6.07, 6.45) is 1.83. The number of carbonyl (C=O) groups is 1. The molecular weight excluding hydrogens is 322 g/mol. The summed E-state index contributed by atoms with van der Waals surface area (Å²) in [5.41, 5.74) is 0.991. The molecule has 1 aromatic carbocycles. The van der Waals surface area contributed by atoms with Crippen LogP contribution in [0.5, 0.6) is 5.75 Å². The first-order valence-electron chi connectivity index (χ1n) is 8.42. The molecule has 7 heteroatoms. The largest absolute Gasteiger partial charge is 0.496 e. The Hall–Kier alpha value is -2.41. The van der Waals surface area contributed by atoms with Gasteiger partial charge < -0.3 is 18.9 Å². The van der Waals surface area contributed by atoms with Crippen LogP contribution in [0.3, 0.4) is 0 Å². The molecule has 25 heavy (non-hydrogen) atoms. The lowest BCUT2D eigenvalue weighted by Gasteiger charge is -2.31. The van der Waals surface area contributed by atoms with Crippen molar-refractivity contribution in [3.8, 4) is 5.75 Å². The number of hydrogen-bond donors (Lipinski definition) is 0. The van der Waals surface area contributed by atoms with Crippen molar-refractivity contribution in [2.45, 2.75) is 31.7 Å². The Morgan fingerprint density at radius 2 is 2.16 bits per heavy atom. The second kappa shape index (κ2) is 8.11. The fraction of sp³-hybridized carbons (Fsp3) is 0.500. The number of aromatic nitrogens is 2. The van der Waals surface area contributed by atoms with E-state index in [0.717, 1.165) is 17.7 Å². The van der Waals surface area contributed by atoms with E-state index in [-0.39, 0.29) is 11.8 Å². The van der Waals surface area contributed by atoms with Crippen LogP contribution in [0.1, 0.15) is 36.0 Å². The van der Waals surface area contributed by atoms with Crippen LogP contribution in [0.4, 0.5) is 0 Å². The van der Waals surface area contributed by atoms with E-state index in [1.54, 1.807) is 14.2 Å². The van der Waals surface area contributed by atoms with Gasteiger partial charge in [-0.15, -0.1) is 0 Å². The number of benzene rings is 1. The number of para-hydroxylation sites is 1. The molecule has 3 rings (SSSR count). The van der Waals surface area contributed by atoms with E-state index < -0.39 is 0 Å². The number of nitrogens with zero attached hydrogens (tertiary/aromatic N) is 3. The molecule has 2 heterocycles. The van der Waals surface area contributed by atoms with Gasteiger partial charge in [-0.3, -0.25) is 4.79 Å². The lowest BCUT2D eigenvalue weighted by molar-refractivity contribution is -0.134. The number of rotatable bonds is 7. The molecule has 0 N–H and O–H groups in total. The Labute approximate surface area is 146 Å². The van der Waals surface area contributed by atoms with E-state index in [1.165, 1.54) is 0 Å². The highest BCUT2D eigenvalue weighted by Gasteiger charge is 2.30. The Morgan fingerprint density at radius 1 is 1.32 bits per heavy atom. The SMILES string of the molecule is COCCc1noc([C@@H]2CCC(=O)N(Cc3ccccc3OC)C2)n1. The van der Waals surface area contributed by atoms with E-state index >= 15 is 0 Å². The molecule has 1 amide bonds. The van der Waals surface area contributed by atoms with Crippen molar-refractivity contribution >= 4 is 5.91 Å². The van der Waals surface area contributed by atoms with Gasteiger partial charge in [-0.05, 0) is 12.5 Å². The summed E-state index contributed by atoms with van der Waals surface area (Å²) in [7, 11) is 3.28. The van der Waals surface area contributed by atoms with Gasteiger partial charge >= 0.3 is 0 Å². The molecule has 1 saturated heterocycles. The fourth-order valence-electron chi connectivity index (χ4n) is 3.04. The van der Waals surface area contributed by atoms with Gasteiger partial charge in [0.15, 0.2) is 5.82 Å². The minimum absolute atomic E-state index is 0.0659. The quantitative estimate of drug-likeness (QED) is 0.765. The topological polar surface area (TPSA) is 77.7 Å². The highest BCUT2D eigenvalue weighted by molar-refractivity contribution is 5.77. The van der Waals surface area contributed by atoms with Crippen LogP contribution in [0.2, 0.25) is 0 Å². The summed E-state index contributed by atoms with van der Waals surface area (Å²) in [4.78, 5) is 18.6. The van der Waals surface area contributed by atoms with Gasteiger partial charge in [0.1, 0.15) is 5.75 Å². The van der Waals surface area contributed by atoms with Gasteiger partial charge in [0.05, 0.1) is 19.6 Å². The zero-order valence-electron chi connectivity index (χ0n) is 14.6.